The lowest BCUT2D eigenvalue weighted by molar-refractivity contribution is 0.102. The van der Waals surface area contributed by atoms with Crippen molar-refractivity contribution in [2.24, 2.45) is 0 Å². The number of rotatable bonds is 1. The molecule has 1 N–H and O–H groups in total. The molecule has 0 radical (unpaired) electrons. The molecule has 112 valence electrons. The summed E-state index contributed by atoms with van der Waals surface area (Å²) in [5.41, 5.74) is 2.23. The zero-order valence-corrected chi connectivity index (χ0v) is 12.7. The van der Waals surface area contributed by atoms with E-state index in [0.29, 0.717) is 27.8 Å². The van der Waals surface area contributed by atoms with Crippen molar-refractivity contribution in [2.75, 3.05) is 23.3 Å². The SMILES string of the molecule is O=C1Nc2ccc(N3CCCC3)cc2Oc2c(Cl)cccc21. The Labute approximate surface area is 133 Å². The predicted octanol–water partition coefficient (Wildman–Crippen LogP) is 4.30. The molecule has 2 aliphatic rings. The Morgan fingerprint density at radius 1 is 1.14 bits per heavy atom. The summed E-state index contributed by atoms with van der Waals surface area (Å²) in [7, 11) is 0. The summed E-state index contributed by atoms with van der Waals surface area (Å²) in [6, 6.07) is 11.1. The van der Waals surface area contributed by atoms with Crippen molar-refractivity contribution in [3.05, 3.63) is 47.0 Å². The normalized spacial score (nSPS) is 16.4. The molecule has 2 aromatic carbocycles. The lowest BCUT2D eigenvalue weighted by Gasteiger charge is -2.19. The van der Waals surface area contributed by atoms with Crippen molar-refractivity contribution in [3.8, 4) is 11.5 Å². The van der Waals surface area contributed by atoms with E-state index < -0.39 is 0 Å². The summed E-state index contributed by atoms with van der Waals surface area (Å²) in [6.45, 7) is 2.12. The monoisotopic (exact) mass is 314 g/mol. The van der Waals surface area contributed by atoms with E-state index in [-0.39, 0.29) is 5.91 Å². The number of benzene rings is 2. The number of halogens is 1. The summed E-state index contributed by atoms with van der Waals surface area (Å²) in [4.78, 5) is 14.6. The Hall–Kier alpha value is -2.20. The molecule has 2 aromatic rings. The minimum absolute atomic E-state index is 0.204. The smallest absolute Gasteiger partial charge is 0.259 e. The third kappa shape index (κ3) is 2.20. The average molecular weight is 315 g/mol. The Balaban J connectivity index is 1.79. The van der Waals surface area contributed by atoms with Crippen LogP contribution in [0.2, 0.25) is 5.02 Å². The highest BCUT2D eigenvalue weighted by Gasteiger charge is 2.24. The maximum Gasteiger partial charge on any atom is 0.259 e. The summed E-state index contributed by atoms with van der Waals surface area (Å²) < 4.78 is 5.96. The average Bonchev–Trinajstić information content (AvgIpc) is 3.00. The van der Waals surface area contributed by atoms with E-state index in [0.717, 1.165) is 18.8 Å². The second-order valence-electron chi connectivity index (χ2n) is 5.55. The lowest BCUT2D eigenvalue weighted by atomic mass is 10.2. The fourth-order valence-corrected chi connectivity index (χ4v) is 3.17. The van der Waals surface area contributed by atoms with Crippen molar-refractivity contribution in [2.45, 2.75) is 12.8 Å². The molecule has 2 aliphatic heterocycles. The van der Waals surface area contributed by atoms with E-state index >= 15 is 0 Å². The van der Waals surface area contributed by atoms with Gasteiger partial charge in [0.05, 0.1) is 16.3 Å². The zero-order valence-electron chi connectivity index (χ0n) is 11.9. The highest BCUT2D eigenvalue weighted by atomic mass is 35.5. The molecule has 1 saturated heterocycles. The van der Waals surface area contributed by atoms with Crippen LogP contribution in [0.15, 0.2) is 36.4 Å². The van der Waals surface area contributed by atoms with Crippen molar-refractivity contribution < 1.29 is 9.53 Å². The van der Waals surface area contributed by atoms with Gasteiger partial charge in [-0.1, -0.05) is 17.7 Å². The van der Waals surface area contributed by atoms with E-state index in [1.807, 2.05) is 18.2 Å². The molecule has 5 heteroatoms. The first-order valence-corrected chi connectivity index (χ1v) is 7.77. The molecule has 4 rings (SSSR count). The van der Waals surface area contributed by atoms with Crippen LogP contribution < -0.4 is 15.0 Å². The molecule has 2 heterocycles. The maximum absolute atomic E-state index is 12.3. The number of para-hydroxylation sites is 1. The molecule has 0 bridgehead atoms. The molecule has 1 amide bonds. The van der Waals surface area contributed by atoms with Gasteiger partial charge in [0.15, 0.2) is 11.5 Å². The van der Waals surface area contributed by atoms with Gasteiger partial charge in [0.25, 0.3) is 5.91 Å². The number of hydrogen-bond acceptors (Lipinski definition) is 3. The van der Waals surface area contributed by atoms with Crippen molar-refractivity contribution in [3.63, 3.8) is 0 Å². The summed E-state index contributed by atoms with van der Waals surface area (Å²) in [5, 5.41) is 3.32. The van der Waals surface area contributed by atoms with Crippen LogP contribution in [-0.2, 0) is 0 Å². The first-order chi connectivity index (χ1) is 10.7. The Bertz CT molecular complexity index is 754. The van der Waals surface area contributed by atoms with Crippen LogP contribution in [0, 0.1) is 0 Å². The highest BCUT2D eigenvalue weighted by Crippen LogP contribution is 2.41. The van der Waals surface area contributed by atoms with Crippen LogP contribution in [0.3, 0.4) is 0 Å². The molecule has 0 aliphatic carbocycles. The molecule has 0 saturated carbocycles. The molecule has 0 unspecified atom stereocenters. The van der Waals surface area contributed by atoms with Gasteiger partial charge >= 0.3 is 0 Å². The number of amides is 1. The Morgan fingerprint density at radius 2 is 1.95 bits per heavy atom. The van der Waals surface area contributed by atoms with E-state index in [2.05, 4.69) is 10.2 Å². The van der Waals surface area contributed by atoms with Gasteiger partial charge in [-0.2, -0.15) is 0 Å². The molecule has 4 nitrogen and oxygen atoms in total. The van der Waals surface area contributed by atoms with Gasteiger partial charge in [0.2, 0.25) is 0 Å². The molecule has 0 spiro atoms. The Morgan fingerprint density at radius 3 is 2.77 bits per heavy atom. The van der Waals surface area contributed by atoms with Crippen molar-refractivity contribution in [1.29, 1.82) is 0 Å². The fourth-order valence-electron chi connectivity index (χ4n) is 2.96. The van der Waals surface area contributed by atoms with Crippen LogP contribution in [-0.4, -0.2) is 19.0 Å². The van der Waals surface area contributed by atoms with Gasteiger partial charge in [0.1, 0.15) is 0 Å². The van der Waals surface area contributed by atoms with Gasteiger partial charge in [0, 0.05) is 24.8 Å². The molecular weight excluding hydrogens is 300 g/mol. The van der Waals surface area contributed by atoms with Crippen molar-refractivity contribution in [1.82, 2.24) is 0 Å². The number of hydrogen-bond donors (Lipinski definition) is 1. The topological polar surface area (TPSA) is 41.6 Å². The number of ether oxygens (including phenoxy) is 1. The van der Waals surface area contributed by atoms with Gasteiger partial charge in [-0.25, -0.2) is 0 Å². The molecule has 1 fully saturated rings. The van der Waals surface area contributed by atoms with Gasteiger partial charge < -0.3 is 15.0 Å². The van der Waals surface area contributed by atoms with Crippen LogP contribution >= 0.6 is 11.6 Å². The van der Waals surface area contributed by atoms with Crippen LogP contribution in [0.25, 0.3) is 0 Å². The Kier molecular flexibility index (Phi) is 3.19. The quantitative estimate of drug-likeness (QED) is 0.853. The zero-order chi connectivity index (χ0) is 15.1. The second-order valence-corrected chi connectivity index (χ2v) is 5.95. The second kappa shape index (κ2) is 5.21. The van der Waals surface area contributed by atoms with E-state index in [1.54, 1.807) is 18.2 Å². The lowest BCUT2D eigenvalue weighted by Crippen LogP contribution is -2.17. The van der Waals surface area contributed by atoms with E-state index in [4.69, 9.17) is 16.3 Å². The number of nitrogens with one attached hydrogen (secondary N) is 1. The standard InChI is InChI=1S/C17H15ClN2O2/c18-13-5-3-4-12-16(13)22-15-10-11(20-8-1-2-9-20)6-7-14(15)19-17(12)21/h3-7,10H,1-2,8-9H2,(H,19,21). The molecule has 0 atom stereocenters. The summed E-state index contributed by atoms with van der Waals surface area (Å²) >= 11 is 6.20. The van der Waals surface area contributed by atoms with E-state index in [1.165, 1.54) is 12.8 Å². The summed E-state index contributed by atoms with van der Waals surface area (Å²) in [6.07, 6.45) is 2.42. The van der Waals surface area contributed by atoms with Gasteiger partial charge in [-0.15, -0.1) is 0 Å². The minimum Gasteiger partial charge on any atom is -0.453 e. The number of carbonyl (C=O) groups is 1. The summed E-state index contributed by atoms with van der Waals surface area (Å²) in [5.74, 6) is 0.841. The van der Waals surface area contributed by atoms with Crippen molar-refractivity contribution >= 4 is 28.9 Å². The van der Waals surface area contributed by atoms with Gasteiger partial charge in [-0.05, 0) is 37.1 Å². The number of carbonyl (C=O) groups excluding carboxylic acids is 1. The predicted molar refractivity (Wildman–Crippen MR) is 87.4 cm³/mol. The minimum atomic E-state index is -0.204. The third-order valence-corrected chi connectivity index (χ3v) is 4.41. The molecule has 22 heavy (non-hydrogen) atoms. The largest absolute Gasteiger partial charge is 0.453 e. The number of fused-ring (bicyclic) bond motifs is 2. The van der Waals surface area contributed by atoms with Gasteiger partial charge in [-0.3, -0.25) is 4.79 Å². The number of anilines is 2. The number of nitrogens with zero attached hydrogens (tertiary/aromatic N) is 1. The fraction of sp³-hybridized carbons (Fsp3) is 0.235. The first-order valence-electron chi connectivity index (χ1n) is 7.39. The maximum atomic E-state index is 12.3. The van der Waals surface area contributed by atoms with Crippen LogP contribution in [0.1, 0.15) is 23.2 Å². The van der Waals surface area contributed by atoms with E-state index in [9.17, 15) is 4.79 Å². The molecular formula is C17H15ClN2O2. The van der Waals surface area contributed by atoms with Crippen LogP contribution in [0.4, 0.5) is 11.4 Å². The van der Waals surface area contributed by atoms with Crippen LogP contribution in [0.5, 0.6) is 11.5 Å². The third-order valence-electron chi connectivity index (χ3n) is 4.11. The highest BCUT2D eigenvalue weighted by molar-refractivity contribution is 6.33. The first kappa shape index (κ1) is 13.5. The molecule has 0 aromatic heterocycles.